The first kappa shape index (κ1) is 19.9. The average Bonchev–Trinajstić information content (AvgIpc) is 3.00. The molecule has 3 rings (SSSR count). The van der Waals surface area contributed by atoms with E-state index in [1.807, 2.05) is 35.9 Å². The number of hydrogen-bond donors (Lipinski definition) is 5. The van der Waals surface area contributed by atoms with Crippen molar-refractivity contribution >= 4 is 34.6 Å². The minimum absolute atomic E-state index is 0.0144. The molecule has 2 aromatic carbocycles. The largest absolute Gasteiger partial charge is 0.481 e. The Morgan fingerprint density at radius 2 is 2.03 bits per heavy atom. The fraction of sp³-hybridized carbons (Fsp3) is 0.200. The number of imidazole rings is 1. The highest BCUT2D eigenvalue weighted by Gasteiger charge is 2.13. The van der Waals surface area contributed by atoms with Crippen molar-refractivity contribution < 1.29 is 14.7 Å². The maximum atomic E-state index is 12.3. The zero-order chi connectivity index (χ0) is 21.0. The molecule has 1 aromatic heterocycles. The molecule has 0 atom stereocenters. The van der Waals surface area contributed by atoms with E-state index >= 15 is 0 Å². The fourth-order valence-corrected chi connectivity index (χ4v) is 3.03. The lowest BCUT2D eigenvalue weighted by atomic mass is 10.2. The lowest BCUT2D eigenvalue weighted by Crippen LogP contribution is -2.24. The van der Waals surface area contributed by atoms with Gasteiger partial charge in [-0.1, -0.05) is 12.1 Å². The number of nitrogens with zero attached hydrogens (tertiary/aromatic N) is 2. The highest BCUT2D eigenvalue weighted by molar-refractivity contribution is 5.98. The number of carboxylic acid groups (broad SMARTS) is 1. The summed E-state index contributed by atoms with van der Waals surface area (Å²) in [6.45, 7) is 0.298. The number of carbonyl (C=O) groups is 2. The van der Waals surface area contributed by atoms with Crippen molar-refractivity contribution in [3.63, 3.8) is 0 Å². The Morgan fingerprint density at radius 1 is 1.24 bits per heavy atom. The van der Waals surface area contributed by atoms with Crippen molar-refractivity contribution in [3.05, 3.63) is 48.0 Å². The van der Waals surface area contributed by atoms with Crippen LogP contribution in [0.5, 0.6) is 0 Å². The van der Waals surface area contributed by atoms with Crippen LogP contribution in [0.15, 0.2) is 42.5 Å². The second-order valence-corrected chi connectivity index (χ2v) is 6.57. The molecule has 0 spiro atoms. The number of nitrogens with one attached hydrogen (secondary N) is 3. The van der Waals surface area contributed by atoms with Crippen molar-refractivity contribution in [1.82, 2.24) is 14.9 Å². The van der Waals surface area contributed by atoms with Gasteiger partial charge < -0.3 is 26.0 Å². The highest BCUT2D eigenvalue weighted by Crippen LogP contribution is 2.26. The van der Waals surface area contributed by atoms with E-state index in [1.165, 1.54) is 0 Å². The number of anilines is 1. The van der Waals surface area contributed by atoms with Crippen LogP contribution < -0.4 is 16.4 Å². The Bertz CT molecular complexity index is 1090. The van der Waals surface area contributed by atoms with Gasteiger partial charge in [0, 0.05) is 36.8 Å². The first-order valence-corrected chi connectivity index (χ1v) is 9.03. The first-order chi connectivity index (χ1) is 13.8. The number of amides is 1. The number of rotatable bonds is 7. The van der Waals surface area contributed by atoms with Gasteiger partial charge in [0.25, 0.3) is 5.91 Å². The van der Waals surface area contributed by atoms with E-state index in [1.54, 1.807) is 18.2 Å². The Labute approximate surface area is 167 Å². The van der Waals surface area contributed by atoms with Crippen molar-refractivity contribution in [3.8, 4) is 11.4 Å². The van der Waals surface area contributed by atoms with E-state index in [4.69, 9.17) is 16.2 Å². The van der Waals surface area contributed by atoms with Crippen LogP contribution in [0.3, 0.4) is 0 Å². The van der Waals surface area contributed by atoms with Gasteiger partial charge in [-0.15, -0.1) is 0 Å². The number of nitrogens with two attached hydrogens (primary N) is 1. The maximum absolute atomic E-state index is 12.3. The van der Waals surface area contributed by atoms with Crippen LogP contribution in [0.2, 0.25) is 0 Å². The van der Waals surface area contributed by atoms with E-state index < -0.39 is 5.97 Å². The number of carboxylic acids is 1. The van der Waals surface area contributed by atoms with Gasteiger partial charge in [-0.3, -0.25) is 15.0 Å². The van der Waals surface area contributed by atoms with Crippen LogP contribution in [0, 0.1) is 5.41 Å². The van der Waals surface area contributed by atoms with Crippen LogP contribution in [0.25, 0.3) is 22.4 Å². The molecular formula is C20H22N6O3. The number of aliphatic carboxylic acids is 1. The van der Waals surface area contributed by atoms with Crippen molar-refractivity contribution in [2.45, 2.75) is 12.8 Å². The molecule has 9 nitrogen and oxygen atoms in total. The predicted molar refractivity (Wildman–Crippen MR) is 111 cm³/mol. The molecule has 0 saturated carbocycles. The van der Waals surface area contributed by atoms with Crippen LogP contribution in [-0.4, -0.2) is 39.0 Å². The van der Waals surface area contributed by atoms with E-state index in [0.29, 0.717) is 35.6 Å². The van der Waals surface area contributed by atoms with Crippen molar-refractivity contribution in [1.29, 1.82) is 5.41 Å². The Balaban J connectivity index is 1.83. The molecule has 29 heavy (non-hydrogen) atoms. The SMILES string of the molecule is Cn1c(-c2cccc(NC(=N)N)c2)nc2cc(C(=O)NCCCC(=O)O)ccc21. The molecule has 0 fully saturated rings. The Kier molecular flexibility index (Phi) is 5.77. The molecular weight excluding hydrogens is 372 g/mol. The third kappa shape index (κ3) is 4.70. The minimum Gasteiger partial charge on any atom is -0.481 e. The molecule has 3 aromatic rings. The summed E-state index contributed by atoms with van der Waals surface area (Å²) in [6, 6.07) is 12.7. The second kappa shape index (κ2) is 8.42. The third-order valence-corrected chi connectivity index (χ3v) is 4.40. The quantitative estimate of drug-likeness (QED) is 0.236. The Hall–Kier alpha value is -3.88. The van der Waals surface area contributed by atoms with E-state index in [-0.39, 0.29) is 18.3 Å². The lowest BCUT2D eigenvalue weighted by molar-refractivity contribution is -0.137. The van der Waals surface area contributed by atoms with Gasteiger partial charge in [0.1, 0.15) is 5.82 Å². The van der Waals surface area contributed by atoms with Gasteiger partial charge in [-0.2, -0.15) is 0 Å². The number of aromatic nitrogens is 2. The fourth-order valence-electron chi connectivity index (χ4n) is 3.03. The minimum atomic E-state index is -0.885. The number of fused-ring (bicyclic) bond motifs is 1. The van der Waals surface area contributed by atoms with Crippen LogP contribution in [0.1, 0.15) is 23.2 Å². The van der Waals surface area contributed by atoms with Gasteiger partial charge >= 0.3 is 5.97 Å². The number of guanidine groups is 1. The van der Waals surface area contributed by atoms with E-state index in [9.17, 15) is 9.59 Å². The molecule has 9 heteroatoms. The van der Waals surface area contributed by atoms with Crippen molar-refractivity contribution in [2.75, 3.05) is 11.9 Å². The normalized spacial score (nSPS) is 10.7. The smallest absolute Gasteiger partial charge is 0.303 e. The van der Waals surface area contributed by atoms with Crippen LogP contribution in [0.4, 0.5) is 5.69 Å². The average molecular weight is 394 g/mol. The third-order valence-electron chi connectivity index (χ3n) is 4.40. The molecule has 6 N–H and O–H groups in total. The summed E-state index contributed by atoms with van der Waals surface area (Å²) in [6.07, 6.45) is 0.391. The Morgan fingerprint density at radius 3 is 2.76 bits per heavy atom. The summed E-state index contributed by atoms with van der Waals surface area (Å²) in [7, 11) is 1.89. The standard InChI is InChI=1S/C20H22N6O3/c1-26-16-8-7-13(19(29)23-9-3-6-17(27)28)11-15(16)25-18(26)12-4-2-5-14(10-12)24-20(21)22/h2,4-5,7-8,10-11H,3,6,9H2,1H3,(H,23,29)(H,27,28)(H4,21,22,24). The molecule has 0 unspecified atom stereocenters. The number of benzene rings is 2. The molecule has 1 heterocycles. The zero-order valence-electron chi connectivity index (χ0n) is 15.9. The van der Waals surface area contributed by atoms with Crippen LogP contribution >= 0.6 is 0 Å². The molecule has 150 valence electrons. The summed E-state index contributed by atoms with van der Waals surface area (Å²) in [4.78, 5) is 27.5. The van der Waals surface area contributed by atoms with E-state index in [2.05, 4.69) is 15.6 Å². The van der Waals surface area contributed by atoms with Gasteiger partial charge in [-0.25, -0.2) is 4.98 Å². The van der Waals surface area contributed by atoms with Crippen molar-refractivity contribution in [2.24, 2.45) is 12.8 Å². The van der Waals surface area contributed by atoms with Crippen LogP contribution in [-0.2, 0) is 11.8 Å². The monoisotopic (exact) mass is 394 g/mol. The summed E-state index contributed by atoms with van der Waals surface area (Å²) < 4.78 is 1.93. The molecule has 0 saturated heterocycles. The van der Waals surface area contributed by atoms with E-state index in [0.717, 1.165) is 11.1 Å². The maximum Gasteiger partial charge on any atom is 0.303 e. The number of hydrogen-bond acceptors (Lipinski definition) is 4. The molecule has 1 amide bonds. The number of carbonyl (C=O) groups excluding carboxylic acids is 1. The molecule has 0 aliphatic carbocycles. The highest BCUT2D eigenvalue weighted by atomic mass is 16.4. The molecule has 0 aliphatic rings. The van der Waals surface area contributed by atoms with Gasteiger partial charge in [0.2, 0.25) is 0 Å². The molecule has 0 bridgehead atoms. The molecule has 0 aliphatic heterocycles. The molecule has 0 radical (unpaired) electrons. The van der Waals surface area contributed by atoms with Gasteiger partial charge in [-0.05, 0) is 36.8 Å². The van der Waals surface area contributed by atoms with Gasteiger partial charge in [0.05, 0.1) is 11.0 Å². The van der Waals surface area contributed by atoms with Gasteiger partial charge in [0.15, 0.2) is 5.96 Å². The second-order valence-electron chi connectivity index (χ2n) is 6.57. The first-order valence-electron chi connectivity index (χ1n) is 9.03. The predicted octanol–water partition coefficient (Wildman–Crippen LogP) is 2.14. The number of aryl methyl sites for hydroxylation is 1. The topological polar surface area (TPSA) is 146 Å². The summed E-state index contributed by atoms with van der Waals surface area (Å²) >= 11 is 0. The summed E-state index contributed by atoms with van der Waals surface area (Å²) in [5.74, 6) is -0.584. The lowest BCUT2D eigenvalue weighted by Gasteiger charge is -2.07. The zero-order valence-corrected chi connectivity index (χ0v) is 15.9. The summed E-state index contributed by atoms with van der Waals surface area (Å²) in [5, 5.41) is 21.5. The summed E-state index contributed by atoms with van der Waals surface area (Å²) in [5.41, 5.74) is 8.92.